The van der Waals surface area contributed by atoms with Crippen LogP contribution in [0, 0.1) is 0 Å². The molecule has 3 nitrogen and oxygen atoms in total. The summed E-state index contributed by atoms with van der Waals surface area (Å²) in [6, 6.07) is 17.7. The molecule has 2 aromatic carbocycles. The number of hydrogen-bond acceptors (Lipinski definition) is 3. The molecule has 2 aromatic rings. The van der Waals surface area contributed by atoms with Crippen molar-refractivity contribution in [2.75, 3.05) is 13.1 Å². The minimum absolute atomic E-state index is 0.195. The van der Waals surface area contributed by atoms with Crippen LogP contribution in [0.4, 0.5) is 0 Å². The van der Waals surface area contributed by atoms with Crippen LogP contribution < -0.4 is 4.74 Å². The molecule has 1 aliphatic rings. The number of rotatable bonds is 3. The predicted octanol–water partition coefficient (Wildman–Crippen LogP) is 4.26. The van der Waals surface area contributed by atoms with E-state index in [-0.39, 0.29) is 12.2 Å². The highest BCUT2D eigenvalue weighted by Crippen LogP contribution is 2.23. The van der Waals surface area contributed by atoms with Crippen molar-refractivity contribution >= 4 is 17.2 Å². The van der Waals surface area contributed by atoms with Crippen LogP contribution in [0.1, 0.15) is 19.4 Å². The Morgan fingerprint density at radius 3 is 2.35 bits per heavy atom. The molecule has 1 saturated heterocycles. The van der Waals surface area contributed by atoms with E-state index in [0.717, 1.165) is 35.1 Å². The summed E-state index contributed by atoms with van der Waals surface area (Å²) < 4.78 is 11.7. The van der Waals surface area contributed by atoms with Crippen molar-refractivity contribution in [2.45, 2.75) is 26.1 Å². The molecule has 0 bridgehead atoms. The molecular formula is C19H21NO2S. The van der Waals surface area contributed by atoms with Gasteiger partial charge in [0.2, 0.25) is 0 Å². The Morgan fingerprint density at radius 1 is 1.00 bits per heavy atom. The van der Waals surface area contributed by atoms with Crippen LogP contribution in [0.25, 0.3) is 0 Å². The Labute approximate surface area is 142 Å². The minimum atomic E-state index is 0.195. The van der Waals surface area contributed by atoms with Gasteiger partial charge in [-0.2, -0.15) is 0 Å². The number of morpholine rings is 1. The lowest BCUT2D eigenvalue weighted by Crippen LogP contribution is -2.47. The van der Waals surface area contributed by atoms with Gasteiger partial charge in [0.1, 0.15) is 16.5 Å². The van der Waals surface area contributed by atoms with Crippen molar-refractivity contribution < 1.29 is 9.47 Å². The van der Waals surface area contributed by atoms with E-state index in [1.807, 2.05) is 54.6 Å². The Hall–Kier alpha value is -1.91. The summed E-state index contributed by atoms with van der Waals surface area (Å²) in [5.41, 5.74) is 1.01. The average molecular weight is 327 g/mol. The zero-order chi connectivity index (χ0) is 16.2. The van der Waals surface area contributed by atoms with E-state index in [1.54, 1.807) is 0 Å². The first-order valence-corrected chi connectivity index (χ1v) is 8.30. The smallest absolute Gasteiger partial charge is 0.128 e. The summed E-state index contributed by atoms with van der Waals surface area (Å²) in [6.07, 6.45) is 0.390. The van der Waals surface area contributed by atoms with Gasteiger partial charge in [-0.25, -0.2) is 0 Å². The number of thiocarbonyl (C=S) groups is 1. The third-order valence-corrected chi connectivity index (χ3v) is 4.26. The van der Waals surface area contributed by atoms with Crippen LogP contribution in [-0.4, -0.2) is 35.2 Å². The number of nitrogens with zero attached hydrogens (tertiary/aromatic N) is 1. The maximum absolute atomic E-state index is 5.90. The SMILES string of the molecule is CC1CN(C(=S)c2cccc(Oc3ccccc3)c2)CC(C)O1. The van der Waals surface area contributed by atoms with Crippen molar-refractivity contribution in [2.24, 2.45) is 0 Å². The molecule has 1 aliphatic heterocycles. The van der Waals surface area contributed by atoms with Gasteiger partial charge in [0.15, 0.2) is 0 Å². The minimum Gasteiger partial charge on any atom is -0.457 e. The average Bonchev–Trinajstić information content (AvgIpc) is 2.54. The Kier molecular flexibility index (Phi) is 4.94. The van der Waals surface area contributed by atoms with Crippen molar-refractivity contribution in [1.29, 1.82) is 0 Å². The third-order valence-electron chi connectivity index (χ3n) is 3.77. The standard InChI is InChI=1S/C19H21NO2S/c1-14-12-20(13-15(2)21-14)19(23)16-7-6-10-18(11-16)22-17-8-4-3-5-9-17/h3-11,14-15H,12-13H2,1-2H3. The zero-order valence-electron chi connectivity index (χ0n) is 13.4. The van der Waals surface area contributed by atoms with Crippen LogP contribution in [0.15, 0.2) is 54.6 Å². The van der Waals surface area contributed by atoms with Gasteiger partial charge in [-0.15, -0.1) is 0 Å². The highest BCUT2D eigenvalue weighted by atomic mass is 32.1. The Balaban J connectivity index is 1.75. The van der Waals surface area contributed by atoms with E-state index in [2.05, 4.69) is 18.7 Å². The summed E-state index contributed by atoms with van der Waals surface area (Å²) in [4.78, 5) is 3.07. The topological polar surface area (TPSA) is 21.7 Å². The summed E-state index contributed by atoms with van der Waals surface area (Å²) in [5, 5.41) is 0. The van der Waals surface area contributed by atoms with E-state index < -0.39 is 0 Å². The highest BCUT2D eigenvalue weighted by molar-refractivity contribution is 7.80. The predicted molar refractivity (Wildman–Crippen MR) is 96.2 cm³/mol. The molecule has 2 unspecified atom stereocenters. The van der Waals surface area contributed by atoms with Crippen LogP contribution in [0.2, 0.25) is 0 Å². The van der Waals surface area contributed by atoms with Gasteiger partial charge in [-0.3, -0.25) is 0 Å². The molecule has 1 heterocycles. The first-order chi connectivity index (χ1) is 11.1. The molecule has 0 N–H and O–H groups in total. The van der Waals surface area contributed by atoms with Gasteiger partial charge in [-0.05, 0) is 38.1 Å². The largest absolute Gasteiger partial charge is 0.457 e. The second-order valence-electron chi connectivity index (χ2n) is 5.91. The molecule has 23 heavy (non-hydrogen) atoms. The maximum atomic E-state index is 5.90. The molecular weight excluding hydrogens is 306 g/mol. The highest BCUT2D eigenvalue weighted by Gasteiger charge is 2.24. The van der Waals surface area contributed by atoms with Gasteiger partial charge in [0.05, 0.1) is 12.2 Å². The van der Waals surface area contributed by atoms with E-state index in [0.29, 0.717) is 0 Å². The fourth-order valence-corrected chi connectivity index (χ4v) is 3.12. The molecule has 0 amide bonds. The molecule has 0 aromatic heterocycles. The van der Waals surface area contributed by atoms with Gasteiger partial charge in [-0.1, -0.05) is 42.5 Å². The third kappa shape index (κ3) is 4.09. The second kappa shape index (κ2) is 7.11. The molecule has 4 heteroatoms. The molecule has 0 radical (unpaired) electrons. The maximum Gasteiger partial charge on any atom is 0.128 e. The zero-order valence-corrected chi connectivity index (χ0v) is 14.3. The van der Waals surface area contributed by atoms with Crippen molar-refractivity contribution in [3.05, 3.63) is 60.2 Å². The first kappa shape index (κ1) is 16.0. The fraction of sp³-hybridized carbons (Fsp3) is 0.316. The summed E-state index contributed by atoms with van der Waals surface area (Å²) >= 11 is 5.69. The second-order valence-corrected chi connectivity index (χ2v) is 6.30. The van der Waals surface area contributed by atoms with Gasteiger partial charge >= 0.3 is 0 Å². The van der Waals surface area contributed by atoms with Gasteiger partial charge in [0.25, 0.3) is 0 Å². The molecule has 0 spiro atoms. The van der Waals surface area contributed by atoms with E-state index in [9.17, 15) is 0 Å². The summed E-state index contributed by atoms with van der Waals surface area (Å²) in [5.74, 6) is 1.62. The molecule has 2 atom stereocenters. The van der Waals surface area contributed by atoms with Crippen molar-refractivity contribution in [1.82, 2.24) is 4.90 Å². The van der Waals surface area contributed by atoms with Crippen molar-refractivity contribution in [3.63, 3.8) is 0 Å². The lowest BCUT2D eigenvalue weighted by Gasteiger charge is -2.37. The number of para-hydroxylation sites is 1. The van der Waals surface area contributed by atoms with E-state index in [4.69, 9.17) is 21.7 Å². The monoisotopic (exact) mass is 327 g/mol. The summed E-state index contributed by atoms with van der Waals surface area (Å²) in [6.45, 7) is 5.82. The normalized spacial score (nSPS) is 21.0. The fourth-order valence-electron chi connectivity index (χ4n) is 2.84. The molecule has 0 saturated carbocycles. The number of ether oxygens (including phenoxy) is 2. The molecule has 0 aliphatic carbocycles. The van der Waals surface area contributed by atoms with Gasteiger partial charge < -0.3 is 14.4 Å². The lowest BCUT2D eigenvalue weighted by atomic mass is 10.1. The van der Waals surface area contributed by atoms with Crippen LogP contribution >= 0.6 is 12.2 Å². The summed E-state index contributed by atoms with van der Waals surface area (Å²) in [7, 11) is 0. The van der Waals surface area contributed by atoms with E-state index >= 15 is 0 Å². The Bertz CT molecular complexity index is 664. The first-order valence-electron chi connectivity index (χ1n) is 7.89. The van der Waals surface area contributed by atoms with Crippen LogP contribution in [0.5, 0.6) is 11.5 Å². The molecule has 3 rings (SSSR count). The number of benzene rings is 2. The molecule has 1 fully saturated rings. The van der Waals surface area contributed by atoms with E-state index in [1.165, 1.54) is 0 Å². The van der Waals surface area contributed by atoms with Crippen molar-refractivity contribution in [3.8, 4) is 11.5 Å². The molecule has 120 valence electrons. The Morgan fingerprint density at radius 2 is 1.65 bits per heavy atom. The number of hydrogen-bond donors (Lipinski definition) is 0. The van der Waals surface area contributed by atoms with Crippen LogP contribution in [0.3, 0.4) is 0 Å². The lowest BCUT2D eigenvalue weighted by molar-refractivity contribution is -0.0472. The quantitative estimate of drug-likeness (QED) is 0.785. The van der Waals surface area contributed by atoms with Gasteiger partial charge in [0, 0.05) is 18.7 Å². The van der Waals surface area contributed by atoms with Crippen LogP contribution in [-0.2, 0) is 4.74 Å².